The van der Waals surface area contributed by atoms with Crippen molar-refractivity contribution >= 4 is 5.70 Å². The van der Waals surface area contributed by atoms with Gasteiger partial charge in [0.05, 0.1) is 12.3 Å². The van der Waals surface area contributed by atoms with E-state index in [0.717, 1.165) is 43.0 Å². The lowest BCUT2D eigenvalue weighted by atomic mass is 10.0. The van der Waals surface area contributed by atoms with Gasteiger partial charge in [-0.05, 0) is 43.9 Å². The number of hydrogen-bond donors (Lipinski definition) is 2. The summed E-state index contributed by atoms with van der Waals surface area (Å²) >= 11 is 0. The van der Waals surface area contributed by atoms with Crippen molar-refractivity contribution in [3.05, 3.63) is 41.1 Å². The molecule has 1 aromatic carbocycles. The topological polar surface area (TPSA) is 47.3 Å². The normalized spacial score (nSPS) is 21.3. The molecule has 1 heterocycles. The molecule has 1 atom stereocenters. The predicted octanol–water partition coefficient (Wildman–Crippen LogP) is 2.64. The maximum Gasteiger partial charge on any atom is 0.0549 e. The maximum atomic E-state index is 6.19. The van der Waals surface area contributed by atoms with Gasteiger partial charge in [0, 0.05) is 42.3 Å². The lowest BCUT2D eigenvalue weighted by Crippen LogP contribution is -2.19. The Morgan fingerprint density at radius 2 is 2.27 bits per heavy atom. The van der Waals surface area contributed by atoms with Gasteiger partial charge in [0.1, 0.15) is 0 Å². The third-order valence-corrected chi connectivity index (χ3v) is 4.22. The van der Waals surface area contributed by atoms with Crippen LogP contribution in [0.2, 0.25) is 0 Å². The maximum absolute atomic E-state index is 6.19. The van der Waals surface area contributed by atoms with Gasteiger partial charge in [0.2, 0.25) is 0 Å². The van der Waals surface area contributed by atoms with E-state index in [9.17, 15) is 0 Å². The van der Waals surface area contributed by atoms with Gasteiger partial charge < -0.3 is 15.8 Å². The van der Waals surface area contributed by atoms with Crippen LogP contribution in [-0.2, 0) is 4.74 Å². The van der Waals surface area contributed by atoms with E-state index < -0.39 is 0 Å². The Hall–Kier alpha value is -1.92. The number of benzene rings is 1. The second-order valence-corrected chi connectivity index (χ2v) is 6.31. The molecule has 0 spiro atoms. The summed E-state index contributed by atoms with van der Waals surface area (Å²) in [7, 11) is 0. The quantitative estimate of drug-likeness (QED) is 0.840. The lowest BCUT2D eigenvalue weighted by Gasteiger charge is -2.10. The van der Waals surface area contributed by atoms with Crippen LogP contribution in [0.1, 0.15) is 36.0 Å². The van der Waals surface area contributed by atoms with Gasteiger partial charge in [-0.15, -0.1) is 0 Å². The number of nitrogens with one attached hydrogen (secondary N) is 1. The summed E-state index contributed by atoms with van der Waals surface area (Å²) in [4.78, 5) is 0. The number of aryl methyl sites for hydroxylation is 1. The molecule has 1 saturated carbocycles. The first-order valence-electron chi connectivity index (χ1n) is 8.11. The summed E-state index contributed by atoms with van der Waals surface area (Å²) in [6, 6.07) is 6.25. The molecule has 0 radical (unpaired) electrons. The van der Waals surface area contributed by atoms with E-state index in [-0.39, 0.29) is 0 Å². The van der Waals surface area contributed by atoms with Gasteiger partial charge in [-0.3, -0.25) is 0 Å². The molecule has 3 N–H and O–H groups in total. The van der Waals surface area contributed by atoms with Crippen LogP contribution in [0.25, 0.3) is 5.70 Å². The second-order valence-electron chi connectivity index (χ2n) is 6.31. The van der Waals surface area contributed by atoms with Gasteiger partial charge >= 0.3 is 0 Å². The van der Waals surface area contributed by atoms with E-state index >= 15 is 0 Å². The Kier molecular flexibility index (Phi) is 4.70. The zero-order chi connectivity index (χ0) is 15.4. The van der Waals surface area contributed by atoms with Crippen LogP contribution in [0.4, 0.5) is 0 Å². The number of rotatable bonds is 4. The minimum absolute atomic E-state index is 0.602. The molecule has 1 unspecified atom stereocenters. The molecule has 1 saturated heterocycles. The van der Waals surface area contributed by atoms with Crippen LogP contribution in [0.3, 0.4) is 0 Å². The monoisotopic (exact) mass is 296 g/mol. The molecule has 1 aromatic rings. The zero-order valence-electron chi connectivity index (χ0n) is 13.2. The van der Waals surface area contributed by atoms with Crippen molar-refractivity contribution in [2.45, 2.75) is 26.2 Å². The van der Waals surface area contributed by atoms with Crippen molar-refractivity contribution in [2.24, 2.45) is 17.6 Å². The van der Waals surface area contributed by atoms with Gasteiger partial charge in [-0.25, -0.2) is 0 Å². The van der Waals surface area contributed by atoms with Gasteiger partial charge in [0.25, 0.3) is 0 Å². The zero-order valence-corrected chi connectivity index (χ0v) is 13.2. The highest BCUT2D eigenvalue weighted by molar-refractivity contribution is 5.66. The molecule has 0 amide bonds. The molecular weight excluding hydrogens is 272 g/mol. The first-order valence-corrected chi connectivity index (χ1v) is 8.11. The third kappa shape index (κ3) is 4.05. The number of ether oxygens (including phenoxy) is 1. The molecule has 22 heavy (non-hydrogen) atoms. The summed E-state index contributed by atoms with van der Waals surface area (Å²) in [5, 5.41) is 3.32. The summed E-state index contributed by atoms with van der Waals surface area (Å²) < 4.78 is 5.37. The van der Waals surface area contributed by atoms with E-state index in [1.54, 1.807) is 0 Å². The molecule has 0 aromatic heterocycles. The Balaban J connectivity index is 1.61. The largest absolute Gasteiger partial charge is 0.397 e. The van der Waals surface area contributed by atoms with Gasteiger partial charge in [-0.2, -0.15) is 0 Å². The fourth-order valence-corrected chi connectivity index (χ4v) is 2.64. The van der Waals surface area contributed by atoms with Crippen molar-refractivity contribution in [3.8, 4) is 11.8 Å². The molecule has 2 fully saturated rings. The van der Waals surface area contributed by atoms with E-state index in [2.05, 4.69) is 42.3 Å². The minimum Gasteiger partial charge on any atom is -0.397 e. The molecule has 1 aliphatic carbocycles. The highest BCUT2D eigenvalue weighted by Crippen LogP contribution is 2.27. The summed E-state index contributed by atoms with van der Waals surface area (Å²) in [5.41, 5.74) is 10.3. The Morgan fingerprint density at radius 1 is 1.41 bits per heavy atom. The molecular formula is C19H24N2O. The Labute approximate surface area is 132 Å². The van der Waals surface area contributed by atoms with Crippen LogP contribution >= 0.6 is 0 Å². The highest BCUT2D eigenvalue weighted by Gasteiger charge is 2.17. The summed E-state index contributed by atoms with van der Waals surface area (Å²) in [6.07, 6.45) is 5.57. The standard InChI is InChI=1S/C19H24N2O/c1-14-10-16(5-4-15-2-3-15)6-7-18(14)19(20)12-21-11-17-8-9-22-13-17/h6-7,10,12,15,17,21H,2-3,8-9,11,13,20H2,1H3/b19-12-. The molecule has 1 aliphatic heterocycles. The predicted molar refractivity (Wildman–Crippen MR) is 89.9 cm³/mol. The Morgan fingerprint density at radius 3 is 2.95 bits per heavy atom. The molecule has 3 nitrogen and oxygen atoms in total. The fourth-order valence-electron chi connectivity index (χ4n) is 2.64. The first-order chi connectivity index (χ1) is 10.7. The summed E-state index contributed by atoms with van der Waals surface area (Å²) in [6.45, 7) is 4.75. The van der Waals surface area contributed by atoms with Crippen molar-refractivity contribution in [1.29, 1.82) is 0 Å². The van der Waals surface area contributed by atoms with E-state index in [1.807, 2.05) is 6.20 Å². The van der Waals surface area contributed by atoms with Crippen LogP contribution in [0.15, 0.2) is 24.4 Å². The first kappa shape index (κ1) is 15.0. The third-order valence-electron chi connectivity index (χ3n) is 4.22. The minimum atomic E-state index is 0.602. The molecule has 3 heteroatoms. The van der Waals surface area contributed by atoms with Crippen LogP contribution in [-0.4, -0.2) is 19.8 Å². The van der Waals surface area contributed by atoms with E-state index in [1.165, 1.54) is 18.4 Å². The van der Waals surface area contributed by atoms with Crippen LogP contribution < -0.4 is 11.1 Å². The average Bonchev–Trinajstić information content (AvgIpc) is 3.20. The number of hydrogen-bond acceptors (Lipinski definition) is 3. The van der Waals surface area contributed by atoms with E-state index in [0.29, 0.717) is 11.8 Å². The summed E-state index contributed by atoms with van der Waals surface area (Å²) in [5.74, 6) is 7.78. The molecule has 3 rings (SSSR count). The fraction of sp³-hybridized carbons (Fsp3) is 0.474. The van der Waals surface area contributed by atoms with Crippen molar-refractivity contribution in [1.82, 2.24) is 5.32 Å². The van der Waals surface area contributed by atoms with Crippen LogP contribution in [0, 0.1) is 30.6 Å². The molecule has 116 valence electrons. The number of nitrogens with two attached hydrogens (primary N) is 1. The Bertz CT molecular complexity index is 614. The van der Waals surface area contributed by atoms with E-state index in [4.69, 9.17) is 10.5 Å². The molecule has 0 bridgehead atoms. The van der Waals surface area contributed by atoms with Crippen LogP contribution in [0.5, 0.6) is 0 Å². The van der Waals surface area contributed by atoms with Crippen molar-refractivity contribution < 1.29 is 4.74 Å². The van der Waals surface area contributed by atoms with Crippen molar-refractivity contribution in [3.63, 3.8) is 0 Å². The lowest BCUT2D eigenvalue weighted by molar-refractivity contribution is 0.186. The average molecular weight is 296 g/mol. The highest BCUT2D eigenvalue weighted by atomic mass is 16.5. The smallest absolute Gasteiger partial charge is 0.0549 e. The molecule has 2 aliphatic rings. The van der Waals surface area contributed by atoms with Gasteiger partial charge in [-0.1, -0.05) is 17.9 Å². The van der Waals surface area contributed by atoms with Crippen molar-refractivity contribution in [2.75, 3.05) is 19.8 Å². The SMILES string of the molecule is Cc1cc(C#CC2CC2)ccc1/C(N)=C/NCC1CCOC1. The second kappa shape index (κ2) is 6.89. The van der Waals surface area contributed by atoms with Gasteiger partial charge in [0.15, 0.2) is 0 Å².